The minimum absolute atomic E-state index is 0. The standard InChI is InChI=1S/C21H22F2N2O.ClH/c22-16-6-4-15(5-7-16)21(10-1-2-11-21)20(26)25-18-8-3-14-13-24-12-9-17(14)19(18)23;/h3-8,24H,1-2,9-13H2,(H,25,26);1H. The molecule has 0 unspecified atom stereocenters. The lowest BCUT2D eigenvalue weighted by Gasteiger charge is -2.29. The van der Waals surface area contributed by atoms with Gasteiger partial charge in [-0.05, 0) is 60.7 Å². The molecule has 2 aromatic carbocycles. The molecule has 4 rings (SSSR count). The summed E-state index contributed by atoms with van der Waals surface area (Å²) in [7, 11) is 0. The second kappa shape index (κ2) is 7.95. The Bertz CT molecular complexity index is 833. The Labute approximate surface area is 164 Å². The molecule has 1 saturated carbocycles. The van der Waals surface area contributed by atoms with E-state index in [0.717, 1.165) is 30.5 Å². The molecule has 1 aliphatic carbocycles. The summed E-state index contributed by atoms with van der Waals surface area (Å²) < 4.78 is 28.2. The van der Waals surface area contributed by atoms with Gasteiger partial charge in [0, 0.05) is 6.54 Å². The molecule has 0 aromatic heterocycles. The molecule has 0 radical (unpaired) electrons. The van der Waals surface area contributed by atoms with Crippen LogP contribution >= 0.6 is 12.4 Å². The van der Waals surface area contributed by atoms with Gasteiger partial charge in [0.05, 0.1) is 11.1 Å². The fourth-order valence-electron chi connectivity index (χ4n) is 4.27. The number of hydrogen-bond donors (Lipinski definition) is 2. The molecule has 2 aliphatic rings. The number of hydrogen-bond acceptors (Lipinski definition) is 2. The van der Waals surface area contributed by atoms with E-state index in [9.17, 15) is 13.6 Å². The Morgan fingerprint density at radius 3 is 2.44 bits per heavy atom. The first-order valence-electron chi connectivity index (χ1n) is 9.19. The summed E-state index contributed by atoms with van der Waals surface area (Å²) >= 11 is 0. The predicted octanol–water partition coefficient (Wildman–Crippen LogP) is 4.48. The number of rotatable bonds is 3. The van der Waals surface area contributed by atoms with Crippen molar-refractivity contribution in [2.24, 2.45) is 0 Å². The third kappa shape index (κ3) is 3.58. The van der Waals surface area contributed by atoms with Crippen molar-refractivity contribution in [3.05, 3.63) is 64.7 Å². The molecule has 0 spiro atoms. The van der Waals surface area contributed by atoms with Gasteiger partial charge in [-0.3, -0.25) is 4.79 Å². The van der Waals surface area contributed by atoms with Crippen molar-refractivity contribution in [2.75, 3.05) is 11.9 Å². The number of anilines is 1. The predicted molar refractivity (Wildman–Crippen MR) is 104 cm³/mol. The molecule has 6 heteroatoms. The summed E-state index contributed by atoms with van der Waals surface area (Å²) in [6.45, 7) is 1.39. The zero-order valence-corrected chi connectivity index (χ0v) is 15.8. The summed E-state index contributed by atoms with van der Waals surface area (Å²) in [6, 6.07) is 9.64. The number of fused-ring (bicyclic) bond motifs is 1. The molecule has 0 bridgehead atoms. The normalized spacial score (nSPS) is 17.7. The average molecular weight is 393 g/mol. The van der Waals surface area contributed by atoms with Gasteiger partial charge in [0.2, 0.25) is 5.91 Å². The van der Waals surface area contributed by atoms with E-state index in [1.807, 2.05) is 6.07 Å². The first kappa shape index (κ1) is 19.8. The summed E-state index contributed by atoms with van der Waals surface area (Å²) in [5, 5.41) is 6.05. The quantitative estimate of drug-likeness (QED) is 0.808. The monoisotopic (exact) mass is 392 g/mol. The van der Waals surface area contributed by atoms with E-state index in [2.05, 4.69) is 10.6 Å². The van der Waals surface area contributed by atoms with E-state index in [1.165, 1.54) is 12.1 Å². The Kier molecular flexibility index (Phi) is 5.82. The number of halogens is 3. The Hall–Kier alpha value is -1.98. The van der Waals surface area contributed by atoms with Gasteiger partial charge in [0.1, 0.15) is 11.6 Å². The van der Waals surface area contributed by atoms with Crippen molar-refractivity contribution in [1.82, 2.24) is 5.32 Å². The van der Waals surface area contributed by atoms with Gasteiger partial charge in [-0.25, -0.2) is 8.78 Å². The van der Waals surface area contributed by atoms with Crippen molar-refractivity contribution in [2.45, 2.75) is 44.1 Å². The first-order chi connectivity index (χ1) is 12.6. The van der Waals surface area contributed by atoms with Crippen LogP contribution in [0.5, 0.6) is 0 Å². The molecule has 144 valence electrons. The van der Waals surface area contributed by atoms with Crippen molar-refractivity contribution >= 4 is 24.0 Å². The number of carbonyl (C=O) groups is 1. The zero-order valence-electron chi connectivity index (χ0n) is 15.0. The van der Waals surface area contributed by atoms with Crippen LogP contribution in [0, 0.1) is 11.6 Å². The maximum Gasteiger partial charge on any atom is 0.235 e. The summed E-state index contributed by atoms with van der Waals surface area (Å²) in [4.78, 5) is 13.2. The lowest BCUT2D eigenvalue weighted by Crippen LogP contribution is -2.38. The van der Waals surface area contributed by atoms with E-state index in [4.69, 9.17) is 0 Å². The minimum Gasteiger partial charge on any atom is -0.323 e. The van der Waals surface area contributed by atoms with Crippen LogP contribution in [0.25, 0.3) is 0 Å². The second-order valence-electron chi connectivity index (χ2n) is 7.24. The molecular formula is C21H23ClF2N2O. The highest BCUT2D eigenvalue weighted by Gasteiger charge is 2.43. The minimum atomic E-state index is -0.711. The van der Waals surface area contributed by atoms with Crippen LogP contribution in [-0.4, -0.2) is 12.5 Å². The van der Waals surface area contributed by atoms with Gasteiger partial charge in [0.15, 0.2) is 0 Å². The molecule has 1 amide bonds. The molecule has 1 aliphatic heterocycles. The van der Waals surface area contributed by atoms with Crippen LogP contribution in [0.4, 0.5) is 14.5 Å². The summed E-state index contributed by atoms with van der Waals surface area (Å²) in [6.07, 6.45) is 3.88. The van der Waals surface area contributed by atoms with E-state index >= 15 is 0 Å². The molecule has 1 heterocycles. The van der Waals surface area contributed by atoms with E-state index in [0.29, 0.717) is 31.4 Å². The van der Waals surface area contributed by atoms with Crippen LogP contribution in [0.1, 0.15) is 42.4 Å². The zero-order chi connectivity index (χ0) is 18.1. The van der Waals surface area contributed by atoms with E-state index < -0.39 is 5.41 Å². The Balaban J connectivity index is 0.00000210. The number of carbonyl (C=O) groups excluding carboxylic acids is 1. The molecule has 3 nitrogen and oxygen atoms in total. The van der Waals surface area contributed by atoms with Gasteiger partial charge in [-0.2, -0.15) is 0 Å². The SMILES string of the molecule is Cl.O=C(Nc1ccc2c(c1F)CCNC2)C1(c2ccc(F)cc2)CCCC1. The smallest absolute Gasteiger partial charge is 0.235 e. The molecule has 0 atom stereocenters. The lowest BCUT2D eigenvalue weighted by molar-refractivity contribution is -0.121. The molecule has 2 aromatic rings. The summed E-state index contributed by atoms with van der Waals surface area (Å²) in [5.41, 5.74) is 1.96. The van der Waals surface area contributed by atoms with E-state index in [-0.39, 0.29) is 35.6 Å². The molecule has 27 heavy (non-hydrogen) atoms. The van der Waals surface area contributed by atoms with Crippen molar-refractivity contribution < 1.29 is 13.6 Å². The van der Waals surface area contributed by atoms with Gasteiger partial charge in [-0.1, -0.05) is 31.0 Å². The Morgan fingerprint density at radius 1 is 1.04 bits per heavy atom. The maximum absolute atomic E-state index is 14.9. The van der Waals surface area contributed by atoms with Crippen LogP contribution in [-0.2, 0) is 23.2 Å². The van der Waals surface area contributed by atoms with Crippen LogP contribution in [0.15, 0.2) is 36.4 Å². The van der Waals surface area contributed by atoms with E-state index in [1.54, 1.807) is 18.2 Å². The molecular weight excluding hydrogens is 370 g/mol. The highest BCUT2D eigenvalue weighted by molar-refractivity contribution is 5.99. The first-order valence-corrected chi connectivity index (χ1v) is 9.19. The number of benzene rings is 2. The molecule has 1 fully saturated rings. The third-order valence-corrected chi connectivity index (χ3v) is 5.74. The van der Waals surface area contributed by atoms with Crippen molar-refractivity contribution in [1.29, 1.82) is 0 Å². The van der Waals surface area contributed by atoms with Gasteiger partial charge >= 0.3 is 0 Å². The van der Waals surface area contributed by atoms with Gasteiger partial charge < -0.3 is 10.6 Å². The highest BCUT2D eigenvalue weighted by Crippen LogP contribution is 2.42. The number of amides is 1. The summed E-state index contributed by atoms with van der Waals surface area (Å²) in [5.74, 6) is -0.851. The van der Waals surface area contributed by atoms with Gasteiger partial charge in [0.25, 0.3) is 0 Å². The largest absolute Gasteiger partial charge is 0.323 e. The highest BCUT2D eigenvalue weighted by atomic mass is 35.5. The van der Waals surface area contributed by atoms with Gasteiger partial charge in [-0.15, -0.1) is 12.4 Å². The molecule has 0 saturated heterocycles. The van der Waals surface area contributed by atoms with Crippen LogP contribution in [0.2, 0.25) is 0 Å². The number of nitrogens with one attached hydrogen (secondary N) is 2. The second-order valence-corrected chi connectivity index (χ2v) is 7.24. The Morgan fingerprint density at radius 2 is 1.74 bits per heavy atom. The van der Waals surface area contributed by atoms with Crippen molar-refractivity contribution in [3.63, 3.8) is 0 Å². The topological polar surface area (TPSA) is 41.1 Å². The molecule has 2 N–H and O–H groups in total. The maximum atomic E-state index is 14.9. The third-order valence-electron chi connectivity index (χ3n) is 5.74. The van der Waals surface area contributed by atoms with Crippen molar-refractivity contribution in [3.8, 4) is 0 Å². The average Bonchev–Trinajstić information content (AvgIpc) is 3.16. The fraction of sp³-hybridized carbons (Fsp3) is 0.381. The van der Waals surface area contributed by atoms with Crippen LogP contribution in [0.3, 0.4) is 0 Å². The lowest BCUT2D eigenvalue weighted by atomic mass is 9.78. The fourth-order valence-corrected chi connectivity index (χ4v) is 4.27. The van der Waals surface area contributed by atoms with Crippen LogP contribution < -0.4 is 10.6 Å².